The number of amides is 1. The second-order valence-electron chi connectivity index (χ2n) is 16.7. The largest absolute Gasteiger partial charge is 0.484 e. The molecule has 0 radical (unpaired) electrons. The van der Waals surface area contributed by atoms with Crippen LogP contribution in [0.4, 0.5) is 4.39 Å². The summed E-state index contributed by atoms with van der Waals surface area (Å²) in [6.07, 6.45) is 3.85. The van der Waals surface area contributed by atoms with E-state index in [2.05, 4.69) is 20.2 Å². The first-order valence-corrected chi connectivity index (χ1v) is 22.4. The highest BCUT2D eigenvalue weighted by Gasteiger charge is 2.25. The van der Waals surface area contributed by atoms with Crippen LogP contribution < -0.4 is 26.1 Å². The summed E-state index contributed by atoms with van der Waals surface area (Å²) in [5.41, 5.74) is 11.4. The monoisotopic (exact) mass is 973 g/mol. The Hall–Kier alpha value is -7.40. The van der Waals surface area contributed by atoms with Gasteiger partial charge in [-0.2, -0.15) is 10.2 Å². The van der Waals surface area contributed by atoms with E-state index in [1.54, 1.807) is 81.4 Å². The Morgan fingerprint density at radius 2 is 1.35 bits per heavy atom. The molecule has 9 rings (SSSR count). The van der Waals surface area contributed by atoms with Crippen molar-refractivity contribution < 1.29 is 32.6 Å². The summed E-state index contributed by atoms with van der Waals surface area (Å²) in [4.78, 5) is 46.8. The van der Waals surface area contributed by atoms with Gasteiger partial charge in [-0.25, -0.2) is 14.4 Å². The Bertz CT molecular complexity index is 3620. The van der Waals surface area contributed by atoms with Crippen LogP contribution in [0, 0.1) is 40.4 Å². The second kappa shape index (κ2) is 19.3. The zero-order valence-electron chi connectivity index (χ0n) is 38.8. The minimum absolute atomic E-state index is 0.0287. The lowest BCUT2D eigenvalue weighted by molar-refractivity contribution is 0.0988. The number of ether oxygens (including phenoxy) is 2. The number of benzene rings is 3. The number of carbonyl (C=O) groups is 1. The molecule has 18 heteroatoms. The lowest BCUT2D eigenvalue weighted by Crippen LogP contribution is -2.17. The van der Waals surface area contributed by atoms with Crippen molar-refractivity contribution in [1.29, 1.82) is 0 Å². The van der Waals surface area contributed by atoms with Crippen LogP contribution in [0.25, 0.3) is 55.5 Å². The number of aromatic nitrogens is 6. The number of rotatable bonds is 11. The van der Waals surface area contributed by atoms with Crippen molar-refractivity contribution in [2.45, 2.75) is 67.2 Å². The van der Waals surface area contributed by atoms with Gasteiger partial charge in [-0.3, -0.25) is 23.7 Å². The van der Waals surface area contributed by atoms with Gasteiger partial charge in [0.05, 0.1) is 57.8 Å². The second-order valence-corrected chi connectivity index (χ2v) is 17.5. The molecule has 2 atom stereocenters. The molecule has 0 bridgehead atoms. The molecule has 0 saturated carbocycles. The maximum Gasteiger partial charge on any atom is 0.271 e. The fraction of sp³-hybridized carbons (Fsp3) is 0.235. The van der Waals surface area contributed by atoms with E-state index in [-0.39, 0.29) is 56.5 Å². The molecule has 69 heavy (non-hydrogen) atoms. The number of aliphatic hydroxyl groups is 1. The molecule has 1 amide bonds. The molecule has 3 aromatic carbocycles. The van der Waals surface area contributed by atoms with Crippen LogP contribution in [0.5, 0.6) is 11.5 Å². The summed E-state index contributed by atoms with van der Waals surface area (Å²) in [5, 5.41) is 19.3. The minimum atomic E-state index is -0.801. The van der Waals surface area contributed by atoms with Crippen molar-refractivity contribution in [3.05, 3.63) is 161 Å². The molecule has 0 fully saturated rings. The zero-order valence-corrected chi connectivity index (χ0v) is 40.3. The van der Waals surface area contributed by atoms with Crippen LogP contribution in [0.3, 0.4) is 0 Å². The normalized spacial score (nSPS) is 12.3. The fourth-order valence-electron chi connectivity index (χ4n) is 8.17. The Morgan fingerprint density at radius 1 is 0.783 bits per heavy atom. The summed E-state index contributed by atoms with van der Waals surface area (Å²) >= 11 is 11.9. The summed E-state index contributed by atoms with van der Waals surface area (Å²) in [6.45, 7) is 12.9. The molecule has 0 aliphatic rings. The maximum atomic E-state index is 15.5. The molecule has 0 aliphatic carbocycles. The molecular formula is C51H46Cl2FN7O8. The lowest BCUT2D eigenvalue weighted by Gasteiger charge is -2.19. The molecular weight excluding hydrogens is 929 g/mol. The van der Waals surface area contributed by atoms with E-state index in [9.17, 15) is 14.4 Å². The number of aliphatic hydroxyl groups excluding tert-OH is 1. The van der Waals surface area contributed by atoms with Gasteiger partial charge < -0.3 is 29.1 Å². The Morgan fingerprint density at radius 3 is 1.94 bits per heavy atom. The van der Waals surface area contributed by atoms with Crippen LogP contribution in [0.2, 0.25) is 10.3 Å². The van der Waals surface area contributed by atoms with Gasteiger partial charge in [-0.1, -0.05) is 23.2 Å². The van der Waals surface area contributed by atoms with Gasteiger partial charge in [0, 0.05) is 41.7 Å². The first kappa shape index (κ1) is 48.1. The highest BCUT2D eigenvalue weighted by molar-refractivity contribution is 6.29. The number of carbonyl (C=O) groups excluding carboxylic acids is 1. The van der Waals surface area contributed by atoms with Gasteiger partial charge in [-0.05, 0) is 120 Å². The lowest BCUT2D eigenvalue weighted by atomic mass is 9.99. The third-order valence-corrected chi connectivity index (χ3v) is 12.0. The van der Waals surface area contributed by atoms with E-state index >= 15 is 4.39 Å². The van der Waals surface area contributed by atoms with E-state index in [0.717, 1.165) is 16.7 Å². The van der Waals surface area contributed by atoms with Gasteiger partial charge in [-0.15, -0.1) is 0 Å². The average Bonchev–Trinajstić information content (AvgIpc) is 3.94. The van der Waals surface area contributed by atoms with Crippen molar-refractivity contribution >= 4 is 62.0 Å². The van der Waals surface area contributed by atoms with E-state index in [1.807, 2.05) is 45.9 Å². The van der Waals surface area contributed by atoms with Crippen LogP contribution in [-0.2, 0) is 13.6 Å². The third kappa shape index (κ3) is 9.55. The topological polar surface area (TPSA) is 204 Å². The molecule has 0 saturated heterocycles. The van der Waals surface area contributed by atoms with Gasteiger partial charge in [0.15, 0.2) is 22.3 Å². The number of primary amides is 1. The van der Waals surface area contributed by atoms with Crippen molar-refractivity contribution in [3.8, 4) is 34.1 Å². The Kier molecular flexibility index (Phi) is 13.4. The predicted octanol–water partition coefficient (Wildman–Crippen LogP) is 10.2. The molecule has 0 spiro atoms. The van der Waals surface area contributed by atoms with Crippen LogP contribution in [0.15, 0.2) is 97.7 Å². The first-order valence-electron chi connectivity index (χ1n) is 21.7. The summed E-state index contributed by atoms with van der Waals surface area (Å²) in [7, 11) is 1.70. The van der Waals surface area contributed by atoms with Gasteiger partial charge in [0.25, 0.3) is 5.91 Å². The van der Waals surface area contributed by atoms with Crippen molar-refractivity contribution in [1.82, 2.24) is 29.5 Å². The highest BCUT2D eigenvalue weighted by atomic mass is 35.5. The van der Waals surface area contributed by atoms with Crippen LogP contribution in [-0.4, -0.2) is 47.1 Å². The predicted molar refractivity (Wildman–Crippen MR) is 262 cm³/mol. The first-order chi connectivity index (χ1) is 32.8. The summed E-state index contributed by atoms with van der Waals surface area (Å²) in [5.74, 6) is -0.0345. The molecule has 6 heterocycles. The van der Waals surface area contributed by atoms with Gasteiger partial charge in [0.1, 0.15) is 56.8 Å². The van der Waals surface area contributed by atoms with Gasteiger partial charge >= 0.3 is 0 Å². The van der Waals surface area contributed by atoms with Crippen LogP contribution >= 0.6 is 23.2 Å². The number of fused-ring (bicyclic) bond motifs is 3. The van der Waals surface area contributed by atoms with E-state index in [4.69, 9.17) is 52.4 Å². The number of hydrogen-bond acceptors (Lipinski definition) is 12. The third-order valence-electron chi connectivity index (χ3n) is 11.5. The molecule has 354 valence electrons. The smallest absolute Gasteiger partial charge is 0.271 e. The molecule has 0 aliphatic heterocycles. The molecule has 3 N–H and O–H groups in total. The number of halogens is 3. The minimum Gasteiger partial charge on any atom is -0.484 e. The number of hydrogen-bond donors (Lipinski definition) is 2. The maximum absolute atomic E-state index is 15.5. The van der Waals surface area contributed by atoms with Crippen molar-refractivity contribution in [2.24, 2.45) is 12.8 Å². The Labute approximate surface area is 403 Å². The van der Waals surface area contributed by atoms with E-state index < -0.39 is 23.9 Å². The summed E-state index contributed by atoms with van der Waals surface area (Å²) in [6, 6.07) is 17.0. The van der Waals surface area contributed by atoms with Crippen LogP contribution in [0.1, 0.15) is 75.6 Å². The molecule has 2 unspecified atom stereocenters. The zero-order chi connectivity index (χ0) is 49.6. The number of pyridine rings is 2. The number of nitrogens with two attached hydrogens (primary N) is 1. The standard InChI is InChI=1S/C27H22ClFN4O4.C24H24ClN3O4/c1-12-9-16(14(3)36-20-7-8-21(28)31-23(20)27(30)35)26-17(10-12)24(34)13(2)25(37-26)15-5-6-19-18(22(15)29)11-33(4)32-19;1-13-9-18(16(4)31-20-5-6-21(25)27-15(20)3)24-19(10-13)22(30)14(2)23(32-24)17-11-26-28(12-17)7-8-29/h5-11,14H,1-4H3,(H2,30,35);5-6,9-12,16,29H,7-8H2,1-4H3. The summed E-state index contributed by atoms with van der Waals surface area (Å²) < 4.78 is 43.5. The molecule has 6 aromatic heterocycles. The highest BCUT2D eigenvalue weighted by Crippen LogP contribution is 2.37. The average molecular weight is 975 g/mol. The van der Waals surface area contributed by atoms with Crippen molar-refractivity contribution in [2.75, 3.05) is 6.61 Å². The fourth-order valence-corrected chi connectivity index (χ4v) is 8.51. The van der Waals surface area contributed by atoms with Crippen molar-refractivity contribution in [3.63, 3.8) is 0 Å². The van der Waals surface area contributed by atoms with Gasteiger partial charge in [0.2, 0.25) is 0 Å². The SMILES string of the molecule is Cc1cc(C(C)Oc2ccc(Cl)nc2C(N)=O)c2oc(-c3ccc4nn(C)cc4c3F)c(C)c(=O)c2c1.Cc1cc(C(C)Oc2ccc(Cl)nc2C)c2oc(-c3cnn(CCO)c3)c(C)c(=O)c2c1. The van der Waals surface area contributed by atoms with E-state index in [0.29, 0.717) is 72.9 Å². The number of aryl methyl sites for hydroxylation is 4. The molecule has 9 aromatic rings. The molecule has 15 nitrogen and oxygen atoms in total. The Balaban J connectivity index is 0.000000188. The quantitative estimate of drug-likeness (QED) is 0.116. The number of nitrogens with zero attached hydrogens (tertiary/aromatic N) is 6. The van der Waals surface area contributed by atoms with E-state index in [1.165, 1.54) is 16.8 Å².